The van der Waals surface area contributed by atoms with Gasteiger partial charge in [0.05, 0.1) is 0 Å². The number of ether oxygens (including phenoxy) is 2. The molecule has 1 heterocycles. The molecule has 3 nitrogen and oxygen atoms in total. The van der Waals surface area contributed by atoms with E-state index in [1.165, 1.54) is 11.1 Å². The second-order valence-electron chi connectivity index (χ2n) is 5.07. The molecule has 0 saturated carbocycles. The van der Waals surface area contributed by atoms with E-state index in [1.807, 2.05) is 12.1 Å². The standard InChI is InChI=1S/C17H19NO2/c18-11-15(7-6-13-4-2-1-3-5-13)14-8-9-16-17(10-14)20-12-19-16/h1-5,8-10,15H,6-7,11-12,18H2. The maximum absolute atomic E-state index is 5.94. The highest BCUT2D eigenvalue weighted by molar-refractivity contribution is 5.45. The van der Waals surface area contributed by atoms with Gasteiger partial charge in [-0.1, -0.05) is 36.4 Å². The maximum Gasteiger partial charge on any atom is 0.231 e. The van der Waals surface area contributed by atoms with Gasteiger partial charge in [-0.3, -0.25) is 0 Å². The van der Waals surface area contributed by atoms with E-state index in [1.54, 1.807) is 0 Å². The lowest BCUT2D eigenvalue weighted by atomic mass is 9.92. The third-order valence-electron chi connectivity index (χ3n) is 3.78. The molecule has 3 heteroatoms. The van der Waals surface area contributed by atoms with Crippen molar-refractivity contribution in [2.45, 2.75) is 18.8 Å². The van der Waals surface area contributed by atoms with Gasteiger partial charge in [0, 0.05) is 0 Å². The molecule has 2 aromatic carbocycles. The van der Waals surface area contributed by atoms with Gasteiger partial charge in [0.1, 0.15) is 0 Å². The van der Waals surface area contributed by atoms with Crippen molar-refractivity contribution in [3.8, 4) is 11.5 Å². The van der Waals surface area contributed by atoms with Crippen molar-refractivity contribution in [1.82, 2.24) is 0 Å². The van der Waals surface area contributed by atoms with E-state index in [9.17, 15) is 0 Å². The lowest BCUT2D eigenvalue weighted by molar-refractivity contribution is 0.174. The number of aryl methyl sites for hydroxylation is 1. The Hall–Kier alpha value is -2.00. The molecule has 1 unspecified atom stereocenters. The van der Waals surface area contributed by atoms with Gasteiger partial charge >= 0.3 is 0 Å². The number of hydrogen-bond acceptors (Lipinski definition) is 3. The normalized spacial score (nSPS) is 14.2. The minimum Gasteiger partial charge on any atom is -0.454 e. The Balaban J connectivity index is 1.70. The second kappa shape index (κ2) is 5.97. The van der Waals surface area contributed by atoms with Crippen LogP contribution < -0.4 is 15.2 Å². The van der Waals surface area contributed by atoms with Gasteiger partial charge in [0.15, 0.2) is 11.5 Å². The fraction of sp³-hybridized carbons (Fsp3) is 0.294. The van der Waals surface area contributed by atoms with E-state index in [0.29, 0.717) is 19.3 Å². The predicted octanol–water partition coefficient (Wildman–Crippen LogP) is 3.09. The first-order valence-corrected chi connectivity index (χ1v) is 7.00. The van der Waals surface area contributed by atoms with Gasteiger partial charge in [-0.15, -0.1) is 0 Å². The van der Waals surface area contributed by atoms with E-state index in [4.69, 9.17) is 15.2 Å². The number of fused-ring (bicyclic) bond motifs is 1. The Labute approximate surface area is 119 Å². The molecular weight excluding hydrogens is 250 g/mol. The van der Waals surface area contributed by atoms with Crippen LogP contribution in [0.3, 0.4) is 0 Å². The fourth-order valence-corrected chi connectivity index (χ4v) is 2.57. The van der Waals surface area contributed by atoms with E-state index < -0.39 is 0 Å². The number of nitrogens with two attached hydrogens (primary N) is 1. The third kappa shape index (κ3) is 2.78. The fourth-order valence-electron chi connectivity index (χ4n) is 2.57. The molecule has 20 heavy (non-hydrogen) atoms. The first-order chi connectivity index (χ1) is 9.86. The van der Waals surface area contributed by atoms with Crippen molar-refractivity contribution >= 4 is 0 Å². The van der Waals surface area contributed by atoms with Crippen LogP contribution in [0.25, 0.3) is 0 Å². The topological polar surface area (TPSA) is 44.5 Å². The van der Waals surface area contributed by atoms with Gasteiger partial charge in [-0.2, -0.15) is 0 Å². The molecule has 104 valence electrons. The van der Waals surface area contributed by atoms with Gasteiger partial charge in [-0.25, -0.2) is 0 Å². The molecule has 3 rings (SSSR count). The molecule has 0 saturated heterocycles. The summed E-state index contributed by atoms with van der Waals surface area (Å²) in [6, 6.07) is 16.6. The largest absolute Gasteiger partial charge is 0.454 e. The summed E-state index contributed by atoms with van der Waals surface area (Å²) in [4.78, 5) is 0. The monoisotopic (exact) mass is 269 g/mol. The van der Waals surface area contributed by atoms with Crippen LogP contribution in [0.4, 0.5) is 0 Å². The zero-order valence-corrected chi connectivity index (χ0v) is 11.4. The molecule has 1 atom stereocenters. The Morgan fingerprint density at radius 3 is 2.60 bits per heavy atom. The van der Waals surface area contributed by atoms with Crippen LogP contribution in [-0.2, 0) is 6.42 Å². The van der Waals surface area contributed by atoms with Gasteiger partial charge in [-0.05, 0) is 48.6 Å². The van der Waals surface area contributed by atoms with Crippen molar-refractivity contribution in [2.75, 3.05) is 13.3 Å². The van der Waals surface area contributed by atoms with Crippen LogP contribution in [0, 0.1) is 0 Å². The lowest BCUT2D eigenvalue weighted by Crippen LogP contribution is -2.13. The number of benzene rings is 2. The maximum atomic E-state index is 5.94. The van der Waals surface area contributed by atoms with Crippen LogP contribution in [0.15, 0.2) is 48.5 Å². The summed E-state index contributed by atoms with van der Waals surface area (Å²) in [6.45, 7) is 0.961. The Bertz CT molecular complexity index is 568. The van der Waals surface area contributed by atoms with Crippen molar-refractivity contribution in [3.63, 3.8) is 0 Å². The molecule has 0 amide bonds. The quantitative estimate of drug-likeness (QED) is 0.907. The molecular formula is C17H19NO2. The summed E-state index contributed by atoms with van der Waals surface area (Å²) < 4.78 is 10.8. The highest BCUT2D eigenvalue weighted by Crippen LogP contribution is 2.35. The Kier molecular flexibility index (Phi) is 3.88. The zero-order chi connectivity index (χ0) is 13.8. The summed E-state index contributed by atoms with van der Waals surface area (Å²) in [5.41, 5.74) is 8.52. The van der Waals surface area contributed by atoms with Crippen molar-refractivity contribution in [3.05, 3.63) is 59.7 Å². The predicted molar refractivity (Wildman–Crippen MR) is 79.1 cm³/mol. The van der Waals surface area contributed by atoms with E-state index in [0.717, 1.165) is 24.3 Å². The molecule has 0 aromatic heterocycles. The SMILES string of the molecule is NCC(CCc1ccccc1)c1ccc2c(c1)OCO2. The Morgan fingerprint density at radius 2 is 1.80 bits per heavy atom. The molecule has 0 spiro atoms. The van der Waals surface area contributed by atoms with Crippen LogP contribution in [0.1, 0.15) is 23.5 Å². The summed E-state index contributed by atoms with van der Waals surface area (Å²) in [5, 5.41) is 0. The number of rotatable bonds is 5. The highest BCUT2D eigenvalue weighted by Gasteiger charge is 2.17. The molecule has 2 aromatic rings. The summed E-state index contributed by atoms with van der Waals surface area (Å²) in [6.07, 6.45) is 2.08. The van der Waals surface area contributed by atoms with Gasteiger partial charge in [0.25, 0.3) is 0 Å². The molecule has 2 N–H and O–H groups in total. The van der Waals surface area contributed by atoms with Crippen molar-refractivity contribution in [1.29, 1.82) is 0 Å². The molecule has 0 radical (unpaired) electrons. The van der Waals surface area contributed by atoms with Crippen LogP contribution in [-0.4, -0.2) is 13.3 Å². The minimum absolute atomic E-state index is 0.316. The van der Waals surface area contributed by atoms with Crippen molar-refractivity contribution < 1.29 is 9.47 Å². The molecule has 0 fully saturated rings. The highest BCUT2D eigenvalue weighted by atomic mass is 16.7. The first kappa shape index (κ1) is 13.0. The van der Waals surface area contributed by atoms with E-state index in [2.05, 4.69) is 36.4 Å². The average molecular weight is 269 g/mol. The van der Waals surface area contributed by atoms with E-state index in [-0.39, 0.29) is 0 Å². The molecule has 1 aliphatic heterocycles. The molecule has 1 aliphatic rings. The molecule has 0 bridgehead atoms. The van der Waals surface area contributed by atoms with Crippen LogP contribution in [0.2, 0.25) is 0 Å². The average Bonchev–Trinajstić information content (AvgIpc) is 2.96. The summed E-state index contributed by atoms with van der Waals surface area (Å²) in [5.74, 6) is 2.01. The van der Waals surface area contributed by atoms with Gasteiger partial charge < -0.3 is 15.2 Å². The second-order valence-corrected chi connectivity index (χ2v) is 5.07. The third-order valence-corrected chi connectivity index (χ3v) is 3.78. The van der Waals surface area contributed by atoms with Crippen LogP contribution >= 0.6 is 0 Å². The van der Waals surface area contributed by atoms with Crippen molar-refractivity contribution in [2.24, 2.45) is 5.73 Å². The number of hydrogen-bond donors (Lipinski definition) is 1. The van der Waals surface area contributed by atoms with Gasteiger partial charge in [0.2, 0.25) is 6.79 Å². The van der Waals surface area contributed by atoms with Crippen LogP contribution in [0.5, 0.6) is 11.5 Å². The zero-order valence-electron chi connectivity index (χ0n) is 11.4. The Morgan fingerprint density at radius 1 is 1.00 bits per heavy atom. The first-order valence-electron chi connectivity index (χ1n) is 7.00. The summed E-state index contributed by atoms with van der Waals surface area (Å²) in [7, 11) is 0. The smallest absolute Gasteiger partial charge is 0.231 e. The molecule has 0 aliphatic carbocycles. The van der Waals surface area contributed by atoms with E-state index >= 15 is 0 Å². The lowest BCUT2D eigenvalue weighted by Gasteiger charge is -2.15. The summed E-state index contributed by atoms with van der Waals surface area (Å²) >= 11 is 0. The minimum atomic E-state index is 0.316.